The van der Waals surface area contributed by atoms with Crippen molar-refractivity contribution in [3.63, 3.8) is 0 Å². The van der Waals surface area contributed by atoms with Gasteiger partial charge in [0.25, 0.3) is 5.91 Å². The third kappa shape index (κ3) is 6.81. The maximum Gasteiger partial charge on any atom is 0.255 e. The van der Waals surface area contributed by atoms with E-state index in [-0.39, 0.29) is 19.3 Å². The van der Waals surface area contributed by atoms with Crippen molar-refractivity contribution in [3.8, 4) is 11.1 Å². The van der Waals surface area contributed by atoms with Crippen molar-refractivity contribution < 1.29 is 11.0 Å². The number of hydrogen-bond donors (Lipinski definition) is 1. The fraction of sp³-hybridized carbons (Fsp3) is 0.375. The molecule has 1 aliphatic heterocycles. The fourth-order valence-electron chi connectivity index (χ4n) is 5.14. The van der Waals surface area contributed by atoms with Crippen LogP contribution in [0, 0.1) is 6.92 Å². The summed E-state index contributed by atoms with van der Waals surface area (Å²) in [5.74, 6) is 0.0220. The van der Waals surface area contributed by atoms with Crippen LogP contribution >= 0.6 is 0 Å². The lowest BCUT2D eigenvalue weighted by atomic mass is 10.0. The van der Waals surface area contributed by atoms with Crippen molar-refractivity contribution in [2.24, 2.45) is 0 Å². The van der Waals surface area contributed by atoms with E-state index in [9.17, 15) is 9.59 Å². The molecule has 1 fully saturated rings. The van der Waals surface area contributed by atoms with Gasteiger partial charge in [0.2, 0.25) is 5.91 Å². The molecule has 0 spiro atoms. The van der Waals surface area contributed by atoms with Crippen molar-refractivity contribution in [3.05, 3.63) is 83.9 Å². The van der Waals surface area contributed by atoms with Crippen LogP contribution in [0.4, 0.5) is 11.4 Å². The molecular formula is C32H42N4O2. The number of carbonyl (C=O) groups is 2. The third-order valence-corrected chi connectivity index (χ3v) is 7.58. The van der Waals surface area contributed by atoms with Gasteiger partial charge in [-0.2, -0.15) is 0 Å². The monoisotopic (exact) mass is 514 g/mol. The average Bonchev–Trinajstić information content (AvgIpc) is 3.41. The molecule has 6 nitrogen and oxygen atoms in total. The minimum atomic E-state index is -0.125. The number of rotatable bonds is 10. The fourth-order valence-corrected chi connectivity index (χ4v) is 5.14. The van der Waals surface area contributed by atoms with Gasteiger partial charge in [-0.15, -0.1) is 0 Å². The van der Waals surface area contributed by atoms with Gasteiger partial charge >= 0.3 is 0 Å². The molecule has 1 saturated heterocycles. The number of carbonyl (C=O) groups excluding carboxylic acids is 2. The summed E-state index contributed by atoms with van der Waals surface area (Å²) in [5, 5.41) is 3.01. The molecule has 0 radical (unpaired) electrons. The van der Waals surface area contributed by atoms with Crippen LogP contribution in [0.15, 0.2) is 72.8 Å². The summed E-state index contributed by atoms with van der Waals surface area (Å²) in [6.07, 6.45) is 0.967. The molecule has 3 aromatic rings. The topological polar surface area (TPSA) is 55.9 Å². The molecule has 4 rings (SSSR count). The molecule has 202 valence electrons. The van der Waals surface area contributed by atoms with Crippen molar-refractivity contribution in [2.75, 3.05) is 49.5 Å². The highest BCUT2D eigenvalue weighted by Crippen LogP contribution is 2.25. The lowest BCUT2D eigenvalue weighted by Crippen LogP contribution is -2.45. The zero-order chi connectivity index (χ0) is 27.1. The average molecular weight is 515 g/mol. The van der Waals surface area contributed by atoms with Crippen LogP contribution < -0.4 is 10.2 Å². The first kappa shape index (κ1) is 27.4. The largest absolute Gasteiger partial charge is 0.369 e. The lowest BCUT2D eigenvalue weighted by Gasteiger charge is -2.30. The highest BCUT2D eigenvalue weighted by molar-refractivity contribution is 6.04. The van der Waals surface area contributed by atoms with Gasteiger partial charge in [0.1, 0.15) is 0 Å². The van der Waals surface area contributed by atoms with E-state index in [1.165, 1.54) is 5.56 Å². The van der Waals surface area contributed by atoms with E-state index in [0.717, 1.165) is 68.2 Å². The van der Waals surface area contributed by atoms with Crippen molar-refractivity contribution in [1.29, 1.82) is 0 Å². The number of anilines is 2. The van der Waals surface area contributed by atoms with Crippen LogP contribution in [-0.4, -0.2) is 66.9 Å². The van der Waals surface area contributed by atoms with Crippen LogP contribution in [0.3, 0.4) is 0 Å². The SMILES string of the molecule is CCN(CC)CCN(C(C)=O)C1CCN(c2ccc(NC(=O)c3ccc(-c4ccc(C)cc4)cc3)cc2)C1.[HH]. The number of likely N-dealkylation sites (N-methyl/N-ethyl adjacent to an activating group) is 1. The van der Waals surface area contributed by atoms with E-state index in [1.54, 1.807) is 6.92 Å². The number of aryl methyl sites for hydroxylation is 1. The molecule has 38 heavy (non-hydrogen) atoms. The molecule has 3 aromatic carbocycles. The van der Waals surface area contributed by atoms with Crippen molar-refractivity contribution in [2.45, 2.75) is 40.2 Å². The quantitative estimate of drug-likeness (QED) is 0.364. The standard InChI is InChI=1S/C32H40N4O2.H2/c1-5-34(6-2)21-22-36(25(4)37)31-19-20-35(23-31)30-17-15-29(16-18-30)33-32(38)28-13-11-27(12-14-28)26-9-7-24(3)8-10-26;/h7-18,31H,5-6,19-23H2,1-4H3,(H,33,38);1H. The smallest absolute Gasteiger partial charge is 0.255 e. The van der Waals surface area contributed by atoms with Crippen LogP contribution in [0.1, 0.15) is 44.5 Å². The van der Waals surface area contributed by atoms with E-state index in [2.05, 4.69) is 60.2 Å². The Hall–Kier alpha value is -3.64. The summed E-state index contributed by atoms with van der Waals surface area (Å²) in [5.41, 5.74) is 5.95. The summed E-state index contributed by atoms with van der Waals surface area (Å²) in [4.78, 5) is 31.9. The van der Waals surface area contributed by atoms with Gasteiger partial charge in [0, 0.05) is 51.5 Å². The summed E-state index contributed by atoms with van der Waals surface area (Å²) in [6, 6.07) is 24.3. The Bertz CT molecular complexity index is 1210. The Labute approximate surface area is 228 Å². The van der Waals surface area contributed by atoms with Gasteiger partial charge in [-0.1, -0.05) is 55.8 Å². The molecule has 0 aliphatic carbocycles. The van der Waals surface area contributed by atoms with Gasteiger partial charge in [-0.25, -0.2) is 0 Å². The van der Waals surface area contributed by atoms with E-state index in [0.29, 0.717) is 5.56 Å². The van der Waals surface area contributed by atoms with Crippen LogP contribution in [0.5, 0.6) is 0 Å². The minimum Gasteiger partial charge on any atom is -0.369 e. The molecule has 1 unspecified atom stereocenters. The predicted octanol–water partition coefficient (Wildman–Crippen LogP) is 5.93. The zero-order valence-electron chi connectivity index (χ0n) is 23.1. The van der Waals surface area contributed by atoms with E-state index < -0.39 is 0 Å². The Kier molecular flexibility index (Phi) is 9.19. The first-order valence-corrected chi connectivity index (χ1v) is 13.7. The first-order chi connectivity index (χ1) is 18.4. The molecule has 6 heteroatoms. The normalized spacial score (nSPS) is 15.1. The second kappa shape index (κ2) is 12.7. The van der Waals surface area contributed by atoms with Gasteiger partial charge in [-0.05, 0) is 74.0 Å². The van der Waals surface area contributed by atoms with Gasteiger partial charge in [0.15, 0.2) is 0 Å². The molecule has 0 saturated carbocycles. The van der Waals surface area contributed by atoms with Crippen molar-refractivity contribution >= 4 is 23.2 Å². The van der Waals surface area contributed by atoms with Crippen LogP contribution in [-0.2, 0) is 4.79 Å². The number of hydrogen-bond acceptors (Lipinski definition) is 4. The Morgan fingerprint density at radius 3 is 2.08 bits per heavy atom. The molecule has 2 amide bonds. The Balaban J connectivity index is 0.00000420. The highest BCUT2D eigenvalue weighted by atomic mass is 16.2. The molecule has 0 aromatic heterocycles. The Morgan fingerprint density at radius 1 is 0.895 bits per heavy atom. The lowest BCUT2D eigenvalue weighted by molar-refractivity contribution is -0.131. The molecule has 1 N–H and O–H groups in total. The number of nitrogens with one attached hydrogen (secondary N) is 1. The van der Waals surface area contributed by atoms with Crippen LogP contribution in [0.25, 0.3) is 11.1 Å². The second-order valence-electron chi connectivity index (χ2n) is 10.1. The number of benzene rings is 3. The third-order valence-electron chi connectivity index (χ3n) is 7.58. The summed E-state index contributed by atoms with van der Waals surface area (Å²) in [6.45, 7) is 13.5. The highest BCUT2D eigenvalue weighted by Gasteiger charge is 2.29. The van der Waals surface area contributed by atoms with Crippen LogP contribution in [0.2, 0.25) is 0 Å². The van der Waals surface area contributed by atoms with Gasteiger partial charge in [0.05, 0.1) is 6.04 Å². The number of amides is 2. The summed E-state index contributed by atoms with van der Waals surface area (Å²) < 4.78 is 0. The van der Waals surface area contributed by atoms with E-state index in [4.69, 9.17) is 0 Å². The maximum absolute atomic E-state index is 12.8. The molecule has 0 bridgehead atoms. The molecule has 1 heterocycles. The van der Waals surface area contributed by atoms with E-state index in [1.807, 2.05) is 53.4 Å². The zero-order valence-corrected chi connectivity index (χ0v) is 23.1. The summed E-state index contributed by atoms with van der Waals surface area (Å²) in [7, 11) is 0. The Morgan fingerprint density at radius 2 is 1.50 bits per heavy atom. The van der Waals surface area contributed by atoms with Gasteiger partial charge < -0.3 is 20.0 Å². The van der Waals surface area contributed by atoms with E-state index >= 15 is 0 Å². The minimum absolute atomic E-state index is 0. The van der Waals surface area contributed by atoms with Gasteiger partial charge in [-0.3, -0.25) is 9.59 Å². The summed E-state index contributed by atoms with van der Waals surface area (Å²) >= 11 is 0. The molecule has 1 aliphatic rings. The second-order valence-corrected chi connectivity index (χ2v) is 10.1. The van der Waals surface area contributed by atoms with Crippen molar-refractivity contribution in [1.82, 2.24) is 9.80 Å². The maximum atomic E-state index is 12.8. The molecular weight excluding hydrogens is 472 g/mol. The number of nitrogens with zero attached hydrogens (tertiary/aromatic N) is 3. The predicted molar refractivity (Wildman–Crippen MR) is 159 cm³/mol. The first-order valence-electron chi connectivity index (χ1n) is 13.7. The molecule has 1 atom stereocenters.